The minimum Gasteiger partial charge on any atom is -0.392 e. The van der Waals surface area contributed by atoms with E-state index in [1.807, 2.05) is 75.5 Å². The average molecular weight is 307 g/mol. The Morgan fingerprint density at radius 3 is 2.57 bits per heavy atom. The van der Waals surface area contributed by atoms with Gasteiger partial charge in [0.05, 0.1) is 5.69 Å². The molecule has 0 aliphatic rings. The zero-order valence-corrected chi connectivity index (χ0v) is 13.7. The highest BCUT2D eigenvalue weighted by molar-refractivity contribution is 5.97. The summed E-state index contributed by atoms with van der Waals surface area (Å²) in [5.74, 6) is -0.151. The fourth-order valence-corrected chi connectivity index (χ4v) is 1.99. The van der Waals surface area contributed by atoms with Crippen molar-refractivity contribution < 1.29 is 4.79 Å². The molecular formula is C19H21N3O. The smallest absolute Gasteiger partial charge is 0.277 e. The maximum atomic E-state index is 12.5. The fraction of sp³-hybridized carbons (Fsp3) is 0.158. The monoisotopic (exact) mass is 307 g/mol. The zero-order chi connectivity index (χ0) is 16.7. The molecule has 0 spiro atoms. The average Bonchev–Trinajstić information content (AvgIpc) is 3.07. The quantitative estimate of drug-likeness (QED) is 0.676. The summed E-state index contributed by atoms with van der Waals surface area (Å²) >= 11 is 0. The van der Waals surface area contributed by atoms with Crippen LogP contribution in [-0.2, 0) is 0 Å². The SMILES string of the molecule is C/C=C(\C=C(/C)NC)C(=O)n1ccc(/C=C/c2ccccc2)n1. The van der Waals surface area contributed by atoms with Crippen molar-refractivity contribution in [3.8, 4) is 0 Å². The second-order valence-electron chi connectivity index (χ2n) is 5.06. The van der Waals surface area contributed by atoms with Gasteiger partial charge in [-0.25, -0.2) is 4.68 Å². The van der Waals surface area contributed by atoms with Crippen molar-refractivity contribution in [1.29, 1.82) is 0 Å². The third-order valence-corrected chi connectivity index (χ3v) is 3.39. The molecule has 2 aromatic rings. The van der Waals surface area contributed by atoms with Gasteiger partial charge in [-0.05, 0) is 37.6 Å². The van der Waals surface area contributed by atoms with Crippen LogP contribution in [0.1, 0.15) is 29.9 Å². The summed E-state index contributed by atoms with van der Waals surface area (Å²) in [6.07, 6.45) is 9.13. The summed E-state index contributed by atoms with van der Waals surface area (Å²) in [4.78, 5) is 12.5. The van der Waals surface area contributed by atoms with Crippen LogP contribution in [0.15, 0.2) is 66.0 Å². The zero-order valence-electron chi connectivity index (χ0n) is 13.7. The first kappa shape index (κ1) is 16.5. The van der Waals surface area contributed by atoms with Crippen LogP contribution in [0.2, 0.25) is 0 Å². The predicted octanol–water partition coefficient (Wildman–Crippen LogP) is 3.76. The Kier molecular flexibility index (Phi) is 5.69. The molecule has 1 aromatic heterocycles. The van der Waals surface area contributed by atoms with Crippen molar-refractivity contribution in [2.75, 3.05) is 7.05 Å². The molecule has 0 saturated carbocycles. The van der Waals surface area contributed by atoms with Crippen molar-refractivity contribution in [2.24, 2.45) is 0 Å². The van der Waals surface area contributed by atoms with Crippen LogP contribution in [0.5, 0.6) is 0 Å². The molecule has 4 heteroatoms. The molecule has 0 aliphatic carbocycles. The van der Waals surface area contributed by atoms with E-state index in [4.69, 9.17) is 0 Å². The van der Waals surface area contributed by atoms with Crippen LogP contribution in [0, 0.1) is 0 Å². The molecule has 118 valence electrons. The van der Waals surface area contributed by atoms with Crippen molar-refractivity contribution >= 4 is 18.1 Å². The Balaban J connectivity index is 2.15. The van der Waals surface area contributed by atoms with Gasteiger partial charge in [0, 0.05) is 24.5 Å². The van der Waals surface area contributed by atoms with E-state index in [0.717, 1.165) is 17.0 Å². The molecule has 0 radical (unpaired) electrons. The van der Waals surface area contributed by atoms with Crippen LogP contribution in [0.3, 0.4) is 0 Å². The van der Waals surface area contributed by atoms with Gasteiger partial charge >= 0.3 is 0 Å². The lowest BCUT2D eigenvalue weighted by atomic mass is 10.2. The maximum Gasteiger partial charge on any atom is 0.277 e. The highest BCUT2D eigenvalue weighted by Gasteiger charge is 2.10. The normalized spacial score (nSPS) is 12.7. The number of aromatic nitrogens is 2. The van der Waals surface area contributed by atoms with Crippen LogP contribution < -0.4 is 5.32 Å². The number of nitrogens with zero attached hydrogens (tertiary/aromatic N) is 2. The van der Waals surface area contributed by atoms with E-state index in [1.54, 1.807) is 12.3 Å². The van der Waals surface area contributed by atoms with Crippen molar-refractivity contribution in [3.63, 3.8) is 0 Å². The van der Waals surface area contributed by atoms with Gasteiger partial charge in [-0.3, -0.25) is 4.79 Å². The summed E-state index contributed by atoms with van der Waals surface area (Å²) in [5.41, 5.74) is 3.35. The Labute approximate surface area is 136 Å². The van der Waals surface area contributed by atoms with Crippen molar-refractivity contribution in [3.05, 3.63) is 77.3 Å². The highest BCUT2D eigenvalue weighted by atomic mass is 16.2. The molecule has 1 aromatic carbocycles. The number of hydrogen-bond acceptors (Lipinski definition) is 3. The molecule has 1 heterocycles. The molecule has 0 fully saturated rings. The third kappa shape index (κ3) is 4.54. The molecule has 2 rings (SSSR count). The van der Waals surface area contributed by atoms with E-state index in [2.05, 4.69) is 10.4 Å². The topological polar surface area (TPSA) is 46.9 Å². The molecule has 0 atom stereocenters. The largest absolute Gasteiger partial charge is 0.392 e. The number of benzene rings is 1. The first-order valence-corrected chi connectivity index (χ1v) is 7.50. The van der Waals surface area contributed by atoms with Gasteiger partial charge in [-0.15, -0.1) is 0 Å². The summed E-state index contributed by atoms with van der Waals surface area (Å²) in [5, 5.41) is 7.32. The van der Waals surface area contributed by atoms with Crippen molar-refractivity contribution in [2.45, 2.75) is 13.8 Å². The Hall–Kier alpha value is -2.88. The van der Waals surface area contributed by atoms with Gasteiger partial charge in [0.2, 0.25) is 0 Å². The molecule has 0 aliphatic heterocycles. The van der Waals surface area contributed by atoms with Crippen LogP contribution >= 0.6 is 0 Å². The van der Waals surface area contributed by atoms with E-state index >= 15 is 0 Å². The summed E-state index contributed by atoms with van der Waals surface area (Å²) in [6, 6.07) is 11.8. The standard InChI is InChI=1S/C19H21N3O/c1-4-17(14-15(2)20-3)19(23)22-13-12-18(21-22)11-10-16-8-6-5-7-9-16/h4-14,20H,1-3H3/b11-10+,15-14+,17-4+. The Morgan fingerprint density at radius 1 is 1.17 bits per heavy atom. The Bertz CT molecular complexity index is 752. The molecule has 0 unspecified atom stereocenters. The minimum atomic E-state index is -0.151. The number of rotatable bonds is 5. The fourth-order valence-electron chi connectivity index (χ4n) is 1.99. The number of carbonyl (C=O) groups excluding carboxylic acids is 1. The van der Waals surface area contributed by atoms with Crippen molar-refractivity contribution in [1.82, 2.24) is 15.1 Å². The van der Waals surface area contributed by atoms with Gasteiger partial charge in [0.25, 0.3) is 5.91 Å². The number of carbonyl (C=O) groups is 1. The molecule has 23 heavy (non-hydrogen) atoms. The van der Waals surface area contributed by atoms with Gasteiger partial charge in [0.1, 0.15) is 0 Å². The molecule has 1 N–H and O–H groups in total. The lowest BCUT2D eigenvalue weighted by molar-refractivity contribution is 0.0944. The van der Waals surface area contributed by atoms with Crippen LogP contribution in [0.25, 0.3) is 12.2 Å². The number of hydrogen-bond donors (Lipinski definition) is 1. The molecule has 4 nitrogen and oxygen atoms in total. The third-order valence-electron chi connectivity index (χ3n) is 3.39. The van der Waals surface area contributed by atoms with Gasteiger partial charge < -0.3 is 5.32 Å². The highest BCUT2D eigenvalue weighted by Crippen LogP contribution is 2.09. The lowest BCUT2D eigenvalue weighted by Gasteiger charge is -2.03. The number of allylic oxidation sites excluding steroid dienone is 4. The minimum absolute atomic E-state index is 0.151. The molecule has 0 bridgehead atoms. The summed E-state index contributed by atoms with van der Waals surface area (Å²) < 4.78 is 1.36. The van der Waals surface area contributed by atoms with Gasteiger partial charge in [0.15, 0.2) is 0 Å². The van der Waals surface area contributed by atoms with Gasteiger partial charge in [-0.2, -0.15) is 5.10 Å². The first-order chi connectivity index (χ1) is 11.1. The maximum absolute atomic E-state index is 12.5. The van der Waals surface area contributed by atoms with Crippen LogP contribution in [-0.4, -0.2) is 22.7 Å². The van der Waals surface area contributed by atoms with E-state index in [0.29, 0.717) is 5.57 Å². The predicted molar refractivity (Wildman–Crippen MR) is 94.8 cm³/mol. The van der Waals surface area contributed by atoms with Crippen LogP contribution in [0.4, 0.5) is 0 Å². The van der Waals surface area contributed by atoms with E-state index < -0.39 is 0 Å². The number of nitrogens with one attached hydrogen (secondary N) is 1. The van der Waals surface area contributed by atoms with Gasteiger partial charge in [-0.1, -0.05) is 42.5 Å². The lowest BCUT2D eigenvalue weighted by Crippen LogP contribution is -2.14. The second kappa shape index (κ2) is 7.94. The summed E-state index contributed by atoms with van der Waals surface area (Å²) in [7, 11) is 1.82. The van der Waals surface area contributed by atoms with E-state index in [1.165, 1.54) is 4.68 Å². The molecule has 0 saturated heterocycles. The van der Waals surface area contributed by atoms with E-state index in [-0.39, 0.29) is 5.91 Å². The van der Waals surface area contributed by atoms with E-state index in [9.17, 15) is 4.79 Å². The molecule has 0 amide bonds. The summed E-state index contributed by atoms with van der Waals surface area (Å²) in [6.45, 7) is 3.75. The molecular weight excluding hydrogens is 286 g/mol. The first-order valence-electron chi connectivity index (χ1n) is 7.50. The second-order valence-corrected chi connectivity index (χ2v) is 5.06. The Morgan fingerprint density at radius 2 is 1.91 bits per heavy atom.